The Kier molecular flexibility index (Phi) is 2.87. The summed E-state index contributed by atoms with van der Waals surface area (Å²) in [6, 6.07) is 0. The molecule has 0 aromatic carbocycles. The number of hydrogen-bond donors (Lipinski definition) is 2. The molecular weight excluding hydrogens is 124 g/mol. The lowest BCUT2D eigenvalue weighted by Gasteiger charge is -2.05. The number of carbonyl (C=O) groups is 2. The number of carboxylic acids is 1. The maximum atomic E-state index is 9.89. The first kappa shape index (κ1) is 8.10. The summed E-state index contributed by atoms with van der Waals surface area (Å²) in [5, 5.41) is 16.6. The summed E-state index contributed by atoms with van der Waals surface area (Å²) in [4.78, 5) is 19.7. The Morgan fingerprint density at radius 2 is 2.11 bits per heavy atom. The minimum absolute atomic E-state index is 0.402. The average Bonchev–Trinajstić information content (AvgIpc) is 1.84. The molecular formula is C5H8O4. The highest BCUT2D eigenvalue weighted by Gasteiger charge is 2.20. The molecule has 0 aliphatic heterocycles. The fourth-order valence-corrected chi connectivity index (χ4v) is 0.299. The smallest absolute Gasteiger partial charge is 0.333 e. The molecule has 0 heterocycles. The van der Waals surface area contributed by atoms with E-state index in [0.29, 0.717) is 6.29 Å². The maximum Gasteiger partial charge on any atom is 0.333 e. The van der Waals surface area contributed by atoms with Crippen molar-refractivity contribution in [2.45, 2.75) is 13.0 Å². The van der Waals surface area contributed by atoms with Gasteiger partial charge in [0.25, 0.3) is 0 Å². The van der Waals surface area contributed by atoms with E-state index in [-0.39, 0.29) is 0 Å². The molecule has 2 N–H and O–H groups in total. The number of aliphatic hydroxyl groups is 1. The molecule has 0 aliphatic carbocycles. The van der Waals surface area contributed by atoms with Gasteiger partial charge in [-0.05, 0) is 0 Å². The van der Waals surface area contributed by atoms with E-state index in [4.69, 9.17) is 10.2 Å². The zero-order valence-corrected chi connectivity index (χ0v) is 4.94. The second-order valence-electron chi connectivity index (χ2n) is 1.78. The lowest BCUT2D eigenvalue weighted by Crippen LogP contribution is -2.27. The summed E-state index contributed by atoms with van der Waals surface area (Å²) in [5.74, 6) is -2.20. The lowest BCUT2D eigenvalue weighted by molar-refractivity contribution is -0.150. The second-order valence-corrected chi connectivity index (χ2v) is 1.78. The van der Waals surface area contributed by atoms with Crippen molar-refractivity contribution in [3.05, 3.63) is 0 Å². The predicted octanol–water partition coefficient (Wildman–Crippen LogP) is -0.733. The van der Waals surface area contributed by atoms with Crippen LogP contribution in [-0.4, -0.2) is 28.6 Å². The maximum absolute atomic E-state index is 9.89. The molecule has 0 rings (SSSR count). The van der Waals surface area contributed by atoms with Crippen LogP contribution in [0.3, 0.4) is 0 Å². The van der Waals surface area contributed by atoms with Gasteiger partial charge in [0, 0.05) is 5.92 Å². The summed E-state index contributed by atoms with van der Waals surface area (Å²) in [6.45, 7) is 1.34. The number of hydrogen-bond acceptors (Lipinski definition) is 3. The normalized spacial score (nSPS) is 16.2. The van der Waals surface area contributed by atoms with E-state index in [0.717, 1.165) is 0 Å². The highest BCUT2D eigenvalue weighted by atomic mass is 16.4. The number of carboxylic acid groups (broad SMARTS) is 1. The number of aliphatic carboxylic acids is 1. The fourth-order valence-electron chi connectivity index (χ4n) is 0.299. The molecule has 52 valence electrons. The molecule has 0 radical (unpaired) electrons. The quantitative estimate of drug-likeness (QED) is 0.496. The van der Waals surface area contributed by atoms with Crippen molar-refractivity contribution >= 4 is 12.3 Å². The van der Waals surface area contributed by atoms with Crippen molar-refractivity contribution in [1.29, 1.82) is 0 Å². The Morgan fingerprint density at radius 1 is 1.67 bits per heavy atom. The molecule has 9 heavy (non-hydrogen) atoms. The first-order valence-electron chi connectivity index (χ1n) is 2.45. The van der Waals surface area contributed by atoms with Crippen LogP contribution in [0.5, 0.6) is 0 Å². The zero-order valence-electron chi connectivity index (χ0n) is 4.94. The lowest BCUT2D eigenvalue weighted by atomic mass is 10.1. The van der Waals surface area contributed by atoms with Crippen LogP contribution in [0.1, 0.15) is 6.92 Å². The van der Waals surface area contributed by atoms with E-state index in [2.05, 4.69) is 0 Å². The van der Waals surface area contributed by atoms with Gasteiger partial charge in [-0.2, -0.15) is 0 Å². The third-order valence-electron chi connectivity index (χ3n) is 0.966. The van der Waals surface area contributed by atoms with Crippen molar-refractivity contribution in [2.75, 3.05) is 0 Å². The van der Waals surface area contributed by atoms with Crippen molar-refractivity contribution in [1.82, 2.24) is 0 Å². The zero-order chi connectivity index (χ0) is 7.44. The number of aldehydes is 1. The molecule has 0 fully saturated rings. The van der Waals surface area contributed by atoms with Crippen LogP contribution in [-0.2, 0) is 9.59 Å². The van der Waals surface area contributed by atoms with Gasteiger partial charge in [-0.1, -0.05) is 6.92 Å². The summed E-state index contributed by atoms with van der Waals surface area (Å²) < 4.78 is 0. The summed E-state index contributed by atoms with van der Waals surface area (Å²) in [7, 11) is 0. The Bertz CT molecular complexity index is 120. The average molecular weight is 132 g/mol. The molecule has 4 heteroatoms. The summed E-state index contributed by atoms with van der Waals surface area (Å²) >= 11 is 0. The molecule has 0 aromatic heterocycles. The Hall–Kier alpha value is -0.900. The van der Waals surface area contributed by atoms with Gasteiger partial charge in [0.15, 0.2) is 6.10 Å². The highest BCUT2D eigenvalue weighted by Crippen LogP contribution is 1.97. The van der Waals surface area contributed by atoms with Crippen LogP contribution in [0.2, 0.25) is 0 Å². The Morgan fingerprint density at radius 3 is 2.22 bits per heavy atom. The molecule has 2 atom stereocenters. The first-order valence-corrected chi connectivity index (χ1v) is 2.45. The standard InChI is InChI=1S/C5H8O4/c1-3(2-6)4(7)5(8)9/h2-4,7H,1H3,(H,8,9). The summed E-state index contributed by atoms with van der Waals surface area (Å²) in [6.07, 6.45) is -1.17. The van der Waals surface area contributed by atoms with Gasteiger partial charge < -0.3 is 15.0 Å². The minimum Gasteiger partial charge on any atom is -0.479 e. The van der Waals surface area contributed by atoms with E-state index in [1.54, 1.807) is 0 Å². The van der Waals surface area contributed by atoms with Gasteiger partial charge in [0.05, 0.1) is 0 Å². The van der Waals surface area contributed by atoms with Crippen molar-refractivity contribution < 1.29 is 19.8 Å². The van der Waals surface area contributed by atoms with E-state index in [1.165, 1.54) is 6.92 Å². The number of carbonyl (C=O) groups excluding carboxylic acids is 1. The van der Waals surface area contributed by atoms with Crippen LogP contribution >= 0.6 is 0 Å². The molecule has 4 nitrogen and oxygen atoms in total. The van der Waals surface area contributed by atoms with Crippen LogP contribution in [0.4, 0.5) is 0 Å². The van der Waals surface area contributed by atoms with Gasteiger partial charge in [0.2, 0.25) is 0 Å². The highest BCUT2D eigenvalue weighted by molar-refractivity contribution is 5.76. The number of aliphatic hydroxyl groups excluding tert-OH is 1. The molecule has 0 aromatic rings. The van der Waals surface area contributed by atoms with Crippen LogP contribution in [0.25, 0.3) is 0 Å². The second kappa shape index (κ2) is 3.19. The van der Waals surface area contributed by atoms with Crippen molar-refractivity contribution in [2.24, 2.45) is 5.92 Å². The number of rotatable bonds is 3. The van der Waals surface area contributed by atoms with Crippen LogP contribution in [0.15, 0.2) is 0 Å². The first-order chi connectivity index (χ1) is 4.09. The van der Waals surface area contributed by atoms with E-state index in [9.17, 15) is 9.59 Å². The third kappa shape index (κ3) is 2.23. The van der Waals surface area contributed by atoms with Gasteiger partial charge in [-0.25, -0.2) is 4.79 Å². The molecule has 0 amide bonds. The molecule has 0 bridgehead atoms. The Labute approximate surface area is 52.1 Å². The van der Waals surface area contributed by atoms with Crippen LogP contribution < -0.4 is 0 Å². The van der Waals surface area contributed by atoms with Gasteiger partial charge in [0.1, 0.15) is 6.29 Å². The Balaban J connectivity index is 3.86. The molecule has 2 unspecified atom stereocenters. The van der Waals surface area contributed by atoms with Crippen LogP contribution in [0, 0.1) is 5.92 Å². The van der Waals surface area contributed by atoms with Gasteiger partial charge in [-0.15, -0.1) is 0 Å². The van der Waals surface area contributed by atoms with Crippen molar-refractivity contribution in [3.8, 4) is 0 Å². The van der Waals surface area contributed by atoms with Crippen molar-refractivity contribution in [3.63, 3.8) is 0 Å². The summed E-state index contributed by atoms with van der Waals surface area (Å²) in [5.41, 5.74) is 0. The molecule has 0 aliphatic rings. The fraction of sp³-hybridized carbons (Fsp3) is 0.600. The monoisotopic (exact) mass is 132 g/mol. The van der Waals surface area contributed by atoms with Gasteiger partial charge >= 0.3 is 5.97 Å². The predicted molar refractivity (Wildman–Crippen MR) is 28.9 cm³/mol. The third-order valence-corrected chi connectivity index (χ3v) is 0.966. The van der Waals surface area contributed by atoms with E-state index in [1.807, 2.05) is 0 Å². The van der Waals surface area contributed by atoms with E-state index < -0.39 is 18.0 Å². The van der Waals surface area contributed by atoms with Gasteiger partial charge in [-0.3, -0.25) is 0 Å². The minimum atomic E-state index is -1.57. The van der Waals surface area contributed by atoms with E-state index >= 15 is 0 Å². The topological polar surface area (TPSA) is 74.6 Å². The molecule has 0 saturated heterocycles. The SMILES string of the molecule is CC(C=O)C(O)C(=O)O. The molecule has 0 saturated carbocycles. The molecule has 0 spiro atoms. The largest absolute Gasteiger partial charge is 0.479 e.